The van der Waals surface area contributed by atoms with Gasteiger partial charge in [0.2, 0.25) is 0 Å². The monoisotopic (exact) mass is 399 g/mol. The number of aryl methyl sites for hydroxylation is 1. The summed E-state index contributed by atoms with van der Waals surface area (Å²) in [5.41, 5.74) is 7.29. The average molecular weight is 399 g/mol. The number of nitrogens with one attached hydrogen (secondary N) is 2. The van der Waals surface area contributed by atoms with Crippen molar-refractivity contribution in [1.82, 2.24) is 5.43 Å². The summed E-state index contributed by atoms with van der Waals surface area (Å²) in [6.07, 6.45) is 1.61. The lowest BCUT2D eigenvalue weighted by Gasteiger charge is -2.08. The lowest BCUT2D eigenvalue weighted by atomic mass is 10.0. The summed E-state index contributed by atoms with van der Waals surface area (Å²) in [6, 6.07) is 22.1. The van der Waals surface area contributed by atoms with Crippen molar-refractivity contribution in [3.8, 4) is 0 Å². The van der Waals surface area contributed by atoms with Crippen LogP contribution in [0.2, 0.25) is 0 Å². The minimum absolute atomic E-state index is 0.182. The van der Waals surface area contributed by atoms with Gasteiger partial charge in [0, 0.05) is 16.8 Å². The number of nitrogens with zero attached hydrogens (tertiary/aromatic N) is 1. The fourth-order valence-corrected chi connectivity index (χ4v) is 2.93. The van der Waals surface area contributed by atoms with E-state index >= 15 is 0 Å². The number of benzene rings is 3. The minimum atomic E-state index is -0.318. The Kier molecular flexibility index (Phi) is 6.75. The van der Waals surface area contributed by atoms with E-state index in [0.717, 1.165) is 11.1 Å². The third kappa shape index (κ3) is 5.41. The van der Waals surface area contributed by atoms with Crippen LogP contribution in [-0.2, 0) is 0 Å². The standard InChI is InChI=1S/C25H25N3O2/c1-17(2)20-10-8-19(9-11-20)16-26-28-24(29)21-12-14-22(15-13-21)27-25(30)23-7-5-4-6-18(23)3/h4-17H,1-3H3,(H,27,30)(H,28,29)/b26-16-. The molecule has 0 saturated heterocycles. The van der Waals surface area contributed by atoms with Gasteiger partial charge in [-0.25, -0.2) is 5.43 Å². The van der Waals surface area contributed by atoms with Crippen LogP contribution in [0, 0.1) is 6.92 Å². The van der Waals surface area contributed by atoms with Gasteiger partial charge in [-0.15, -0.1) is 0 Å². The van der Waals surface area contributed by atoms with E-state index in [4.69, 9.17) is 0 Å². The molecule has 5 heteroatoms. The molecular weight excluding hydrogens is 374 g/mol. The van der Waals surface area contributed by atoms with Crippen LogP contribution < -0.4 is 10.7 Å². The zero-order chi connectivity index (χ0) is 21.5. The molecule has 0 fully saturated rings. The molecule has 3 aromatic rings. The number of carbonyl (C=O) groups is 2. The molecule has 0 aliphatic heterocycles. The summed E-state index contributed by atoms with van der Waals surface area (Å²) in [5, 5.41) is 6.86. The number of amides is 2. The number of hydrogen-bond donors (Lipinski definition) is 2. The summed E-state index contributed by atoms with van der Waals surface area (Å²) in [5.74, 6) is -0.0274. The molecule has 0 aromatic heterocycles. The van der Waals surface area contributed by atoms with Gasteiger partial charge in [-0.05, 0) is 59.9 Å². The molecule has 5 nitrogen and oxygen atoms in total. The molecule has 0 atom stereocenters. The Morgan fingerprint density at radius 1 is 0.867 bits per heavy atom. The summed E-state index contributed by atoms with van der Waals surface area (Å²) < 4.78 is 0. The van der Waals surface area contributed by atoms with Crippen molar-refractivity contribution in [3.63, 3.8) is 0 Å². The Morgan fingerprint density at radius 2 is 1.53 bits per heavy atom. The predicted octanol–water partition coefficient (Wildman–Crippen LogP) is 5.13. The van der Waals surface area contributed by atoms with E-state index in [1.165, 1.54) is 5.56 Å². The number of anilines is 1. The van der Waals surface area contributed by atoms with Crippen LogP contribution in [0.3, 0.4) is 0 Å². The summed E-state index contributed by atoms with van der Waals surface area (Å²) in [4.78, 5) is 24.6. The first-order valence-corrected chi connectivity index (χ1v) is 9.84. The van der Waals surface area contributed by atoms with Gasteiger partial charge in [0.05, 0.1) is 6.21 Å². The molecule has 2 amide bonds. The Balaban J connectivity index is 1.57. The second-order valence-electron chi connectivity index (χ2n) is 7.37. The van der Waals surface area contributed by atoms with Crippen molar-refractivity contribution in [2.45, 2.75) is 26.7 Å². The van der Waals surface area contributed by atoms with Gasteiger partial charge in [-0.3, -0.25) is 9.59 Å². The van der Waals surface area contributed by atoms with Crippen LogP contribution in [-0.4, -0.2) is 18.0 Å². The first-order valence-electron chi connectivity index (χ1n) is 9.84. The van der Waals surface area contributed by atoms with E-state index in [1.54, 1.807) is 36.5 Å². The van der Waals surface area contributed by atoms with Crippen LogP contribution in [0.15, 0.2) is 77.9 Å². The Bertz CT molecular complexity index is 1050. The van der Waals surface area contributed by atoms with Gasteiger partial charge in [0.15, 0.2) is 0 Å². The summed E-state index contributed by atoms with van der Waals surface area (Å²) in [7, 11) is 0. The lowest BCUT2D eigenvalue weighted by Crippen LogP contribution is -2.18. The van der Waals surface area contributed by atoms with Crippen molar-refractivity contribution >= 4 is 23.7 Å². The molecule has 0 radical (unpaired) electrons. The van der Waals surface area contributed by atoms with Crippen LogP contribution in [0.25, 0.3) is 0 Å². The van der Waals surface area contributed by atoms with E-state index < -0.39 is 0 Å². The van der Waals surface area contributed by atoms with Crippen molar-refractivity contribution in [1.29, 1.82) is 0 Å². The zero-order valence-corrected chi connectivity index (χ0v) is 17.3. The van der Waals surface area contributed by atoms with E-state index in [2.05, 4.69) is 41.8 Å². The zero-order valence-electron chi connectivity index (χ0n) is 17.3. The van der Waals surface area contributed by atoms with Gasteiger partial charge in [-0.1, -0.05) is 56.3 Å². The Hall–Kier alpha value is -3.73. The molecule has 152 valence electrons. The van der Waals surface area contributed by atoms with Crippen LogP contribution in [0.4, 0.5) is 5.69 Å². The van der Waals surface area contributed by atoms with Gasteiger partial charge < -0.3 is 5.32 Å². The summed E-state index contributed by atoms with van der Waals surface area (Å²) >= 11 is 0. The second-order valence-corrected chi connectivity index (χ2v) is 7.37. The molecule has 0 bridgehead atoms. The topological polar surface area (TPSA) is 70.6 Å². The maximum Gasteiger partial charge on any atom is 0.271 e. The highest BCUT2D eigenvalue weighted by atomic mass is 16.2. The van der Waals surface area contributed by atoms with Gasteiger partial charge >= 0.3 is 0 Å². The molecule has 3 aromatic carbocycles. The molecule has 30 heavy (non-hydrogen) atoms. The highest BCUT2D eigenvalue weighted by Crippen LogP contribution is 2.15. The molecule has 3 rings (SSSR count). The minimum Gasteiger partial charge on any atom is -0.322 e. The fraction of sp³-hybridized carbons (Fsp3) is 0.160. The predicted molar refractivity (Wildman–Crippen MR) is 121 cm³/mol. The molecule has 0 saturated carbocycles. The first kappa shape index (κ1) is 21.0. The normalized spacial score (nSPS) is 10.9. The van der Waals surface area contributed by atoms with Crippen molar-refractivity contribution in [3.05, 3.63) is 101 Å². The highest BCUT2D eigenvalue weighted by molar-refractivity contribution is 6.05. The van der Waals surface area contributed by atoms with Crippen LogP contribution in [0.1, 0.15) is 57.2 Å². The van der Waals surface area contributed by atoms with Gasteiger partial charge in [-0.2, -0.15) is 5.10 Å². The van der Waals surface area contributed by atoms with Gasteiger partial charge in [0.25, 0.3) is 11.8 Å². The molecule has 0 heterocycles. The molecule has 2 N–H and O–H groups in total. The van der Waals surface area contributed by atoms with Crippen molar-refractivity contribution < 1.29 is 9.59 Å². The Morgan fingerprint density at radius 3 is 2.17 bits per heavy atom. The molecule has 0 unspecified atom stereocenters. The molecular formula is C25H25N3O2. The molecule has 0 aliphatic carbocycles. The fourth-order valence-electron chi connectivity index (χ4n) is 2.93. The highest BCUT2D eigenvalue weighted by Gasteiger charge is 2.09. The first-order chi connectivity index (χ1) is 14.4. The third-order valence-corrected chi connectivity index (χ3v) is 4.78. The van der Waals surface area contributed by atoms with E-state index in [-0.39, 0.29) is 11.8 Å². The number of hydrogen-bond acceptors (Lipinski definition) is 3. The SMILES string of the molecule is Cc1ccccc1C(=O)Nc1ccc(C(=O)N/N=C\c2ccc(C(C)C)cc2)cc1. The number of carbonyl (C=O) groups excluding carboxylic acids is 2. The second kappa shape index (κ2) is 9.65. The van der Waals surface area contributed by atoms with E-state index in [9.17, 15) is 9.59 Å². The molecule has 0 aliphatic rings. The quantitative estimate of drug-likeness (QED) is 0.445. The smallest absolute Gasteiger partial charge is 0.271 e. The largest absolute Gasteiger partial charge is 0.322 e. The maximum absolute atomic E-state index is 12.4. The van der Waals surface area contributed by atoms with Crippen LogP contribution >= 0.6 is 0 Å². The average Bonchev–Trinajstić information content (AvgIpc) is 2.74. The number of rotatable bonds is 6. The summed E-state index contributed by atoms with van der Waals surface area (Å²) in [6.45, 7) is 6.17. The van der Waals surface area contributed by atoms with Crippen molar-refractivity contribution in [2.24, 2.45) is 5.10 Å². The maximum atomic E-state index is 12.4. The van der Waals surface area contributed by atoms with Crippen molar-refractivity contribution in [2.75, 3.05) is 5.32 Å². The van der Waals surface area contributed by atoms with E-state index in [1.807, 2.05) is 37.3 Å². The van der Waals surface area contributed by atoms with Gasteiger partial charge in [0.1, 0.15) is 0 Å². The Labute approximate surface area is 176 Å². The molecule has 0 spiro atoms. The van der Waals surface area contributed by atoms with E-state index in [0.29, 0.717) is 22.7 Å². The van der Waals surface area contributed by atoms with Crippen LogP contribution in [0.5, 0.6) is 0 Å². The third-order valence-electron chi connectivity index (χ3n) is 4.78. The lowest BCUT2D eigenvalue weighted by molar-refractivity contribution is 0.0954. The number of hydrazone groups is 1.